The second-order valence-corrected chi connectivity index (χ2v) is 8.88. The van der Waals surface area contributed by atoms with Crippen molar-refractivity contribution in [1.29, 1.82) is 0 Å². The smallest absolute Gasteiger partial charge is 0.232 e. The molecule has 0 aromatic heterocycles. The zero-order valence-electron chi connectivity index (χ0n) is 12.8. The van der Waals surface area contributed by atoms with Gasteiger partial charge in [0.2, 0.25) is 20.0 Å². The summed E-state index contributed by atoms with van der Waals surface area (Å²) in [5.41, 5.74) is 2.27. The number of sulfonamides is 2. The van der Waals surface area contributed by atoms with Crippen LogP contribution in [0.25, 0.3) is 0 Å². The van der Waals surface area contributed by atoms with Gasteiger partial charge in [-0.2, -0.15) is 0 Å². The molecule has 0 bridgehead atoms. The maximum Gasteiger partial charge on any atom is 0.232 e. The quantitative estimate of drug-likeness (QED) is 0.806. The topological polar surface area (TPSA) is 83.6 Å². The molecule has 120 valence electrons. The summed E-state index contributed by atoms with van der Waals surface area (Å²) in [4.78, 5) is 0. The molecule has 6 nitrogen and oxygen atoms in total. The zero-order chi connectivity index (χ0) is 16.3. The molecule has 0 aliphatic rings. The molecule has 0 aliphatic carbocycles. The van der Waals surface area contributed by atoms with E-state index in [0.29, 0.717) is 5.69 Å². The van der Waals surface area contributed by atoms with Crippen molar-refractivity contribution in [1.82, 2.24) is 4.72 Å². The zero-order valence-corrected chi connectivity index (χ0v) is 14.4. The minimum absolute atomic E-state index is 0.0325. The Kier molecular flexibility index (Phi) is 5.77. The minimum atomic E-state index is -3.49. The molecule has 0 heterocycles. The molecule has 0 aliphatic heterocycles. The maximum absolute atomic E-state index is 12.0. The number of para-hydroxylation sites is 1. The number of rotatable bonds is 7. The lowest BCUT2D eigenvalue weighted by molar-refractivity contribution is 0.579. The Hall–Kier alpha value is -1.12. The molecule has 0 amide bonds. The van der Waals surface area contributed by atoms with Gasteiger partial charge >= 0.3 is 0 Å². The first-order chi connectivity index (χ1) is 9.58. The van der Waals surface area contributed by atoms with Crippen LogP contribution >= 0.6 is 0 Å². The Morgan fingerprint density at radius 1 is 1.10 bits per heavy atom. The Balaban J connectivity index is 3.04. The van der Waals surface area contributed by atoms with E-state index in [1.807, 2.05) is 32.0 Å². The van der Waals surface area contributed by atoms with Gasteiger partial charge in [0.15, 0.2) is 0 Å². The number of aryl methyl sites for hydroxylation is 2. The van der Waals surface area contributed by atoms with Crippen LogP contribution in [0.1, 0.15) is 18.1 Å². The predicted octanol–water partition coefficient (Wildman–Crippen LogP) is 1.01. The van der Waals surface area contributed by atoms with E-state index in [-0.39, 0.29) is 18.8 Å². The van der Waals surface area contributed by atoms with E-state index in [4.69, 9.17) is 0 Å². The first kappa shape index (κ1) is 17.9. The fraction of sp³-hybridized carbons (Fsp3) is 0.538. The van der Waals surface area contributed by atoms with Crippen molar-refractivity contribution in [2.75, 3.05) is 29.4 Å². The molecule has 21 heavy (non-hydrogen) atoms. The van der Waals surface area contributed by atoms with Crippen molar-refractivity contribution in [3.63, 3.8) is 0 Å². The largest absolute Gasteiger partial charge is 0.269 e. The highest BCUT2D eigenvalue weighted by Crippen LogP contribution is 2.26. The highest BCUT2D eigenvalue weighted by atomic mass is 32.2. The van der Waals surface area contributed by atoms with Crippen LogP contribution in [-0.4, -0.2) is 41.9 Å². The van der Waals surface area contributed by atoms with Gasteiger partial charge in [0.1, 0.15) is 0 Å². The highest BCUT2D eigenvalue weighted by Gasteiger charge is 2.21. The van der Waals surface area contributed by atoms with E-state index in [1.165, 1.54) is 11.2 Å². The molecule has 0 spiro atoms. The first-order valence-corrected chi connectivity index (χ1v) is 10.1. The summed E-state index contributed by atoms with van der Waals surface area (Å²) in [5, 5.41) is 0. The summed E-state index contributed by atoms with van der Waals surface area (Å²) in [6, 6.07) is 5.52. The normalized spacial score (nSPS) is 12.4. The van der Waals surface area contributed by atoms with E-state index < -0.39 is 20.0 Å². The molecular weight excluding hydrogens is 312 g/mol. The molecule has 1 N–H and O–H groups in total. The van der Waals surface area contributed by atoms with Gasteiger partial charge in [-0.1, -0.05) is 18.2 Å². The number of anilines is 1. The van der Waals surface area contributed by atoms with Crippen LogP contribution in [0.3, 0.4) is 0 Å². The van der Waals surface area contributed by atoms with Gasteiger partial charge in [0.25, 0.3) is 0 Å². The second-order valence-electron chi connectivity index (χ2n) is 4.87. The number of benzene rings is 1. The van der Waals surface area contributed by atoms with E-state index in [9.17, 15) is 16.8 Å². The predicted molar refractivity (Wildman–Crippen MR) is 85.6 cm³/mol. The van der Waals surface area contributed by atoms with Gasteiger partial charge in [-0.15, -0.1) is 0 Å². The summed E-state index contributed by atoms with van der Waals surface area (Å²) in [5.74, 6) is -0.0325. The van der Waals surface area contributed by atoms with Gasteiger partial charge in [0.05, 0.1) is 17.7 Å². The lowest BCUT2D eigenvalue weighted by Gasteiger charge is -2.26. The summed E-state index contributed by atoms with van der Waals surface area (Å²) in [7, 11) is -6.82. The summed E-state index contributed by atoms with van der Waals surface area (Å²) >= 11 is 0. The molecule has 0 unspecified atom stereocenters. The van der Waals surface area contributed by atoms with Gasteiger partial charge in [-0.25, -0.2) is 21.6 Å². The molecule has 0 radical (unpaired) electrons. The summed E-state index contributed by atoms with van der Waals surface area (Å²) < 4.78 is 50.5. The molecule has 8 heteroatoms. The van der Waals surface area contributed by atoms with Crippen LogP contribution in [0.5, 0.6) is 0 Å². The van der Waals surface area contributed by atoms with Crippen LogP contribution < -0.4 is 9.03 Å². The number of hydrogen-bond donors (Lipinski definition) is 1. The third-order valence-corrected chi connectivity index (χ3v) is 5.68. The van der Waals surface area contributed by atoms with Crippen molar-refractivity contribution in [2.45, 2.75) is 20.8 Å². The summed E-state index contributed by atoms with van der Waals surface area (Å²) in [6.07, 6.45) is 1.12. The fourth-order valence-electron chi connectivity index (χ4n) is 2.05. The first-order valence-electron chi connectivity index (χ1n) is 6.59. The Bertz CT molecular complexity index is 677. The number of nitrogens with zero attached hydrogens (tertiary/aromatic N) is 1. The molecule has 1 aromatic rings. The highest BCUT2D eigenvalue weighted by molar-refractivity contribution is 7.92. The number of hydrogen-bond acceptors (Lipinski definition) is 4. The molecule has 0 saturated carbocycles. The monoisotopic (exact) mass is 334 g/mol. The van der Waals surface area contributed by atoms with Crippen molar-refractivity contribution in [2.24, 2.45) is 0 Å². The molecule has 1 rings (SSSR count). The molecule has 0 saturated heterocycles. The molecule has 1 aromatic carbocycles. The van der Waals surface area contributed by atoms with Crippen molar-refractivity contribution in [3.8, 4) is 0 Å². The van der Waals surface area contributed by atoms with E-state index in [1.54, 1.807) is 0 Å². The van der Waals surface area contributed by atoms with Crippen LogP contribution in [0.2, 0.25) is 0 Å². The van der Waals surface area contributed by atoms with E-state index in [2.05, 4.69) is 4.72 Å². The van der Waals surface area contributed by atoms with Gasteiger partial charge < -0.3 is 0 Å². The lowest BCUT2D eigenvalue weighted by Crippen LogP contribution is -2.39. The standard InChI is InChI=1S/C13H22N2O4S2/c1-5-21(18,19)14-9-10-15(20(4,16)17)13-11(2)7-6-8-12(13)3/h6-8,14H,5,9-10H2,1-4H3. The van der Waals surface area contributed by atoms with Crippen LogP contribution in [0, 0.1) is 13.8 Å². The van der Waals surface area contributed by atoms with Crippen molar-refractivity contribution in [3.05, 3.63) is 29.3 Å². The molecular formula is C13H22N2O4S2. The Morgan fingerprint density at radius 3 is 2.05 bits per heavy atom. The Labute approximate surface area is 127 Å². The van der Waals surface area contributed by atoms with Gasteiger partial charge in [-0.3, -0.25) is 4.31 Å². The van der Waals surface area contributed by atoms with Gasteiger partial charge in [-0.05, 0) is 31.9 Å². The average molecular weight is 334 g/mol. The van der Waals surface area contributed by atoms with Crippen molar-refractivity contribution >= 4 is 25.7 Å². The molecule has 0 atom stereocenters. The SMILES string of the molecule is CCS(=O)(=O)NCCN(c1c(C)cccc1C)S(C)(=O)=O. The molecule has 0 fully saturated rings. The third-order valence-electron chi connectivity index (χ3n) is 3.11. The van der Waals surface area contributed by atoms with Crippen LogP contribution in [0.4, 0.5) is 5.69 Å². The van der Waals surface area contributed by atoms with E-state index >= 15 is 0 Å². The Morgan fingerprint density at radius 2 is 1.62 bits per heavy atom. The van der Waals surface area contributed by atoms with Crippen LogP contribution in [0.15, 0.2) is 18.2 Å². The number of nitrogens with one attached hydrogen (secondary N) is 1. The second kappa shape index (κ2) is 6.76. The third kappa shape index (κ3) is 4.98. The average Bonchev–Trinajstić information content (AvgIpc) is 2.35. The van der Waals surface area contributed by atoms with Gasteiger partial charge in [0, 0.05) is 13.1 Å². The summed E-state index contributed by atoms with van der Waals surface area (Å²) in [6.45, 7) is 5.29. The van der Waals surface area contributed by atoms with E-state index in [0.717, 1.165) is 17.4 Å². The lowest BCUT2D eigenvalue weighted by atomic mass is 10.1. The van der Waals surface area contributed by atoms with Crippen LogP contribution in [-0.2, 0) is 20.0 Å². The minimum Gasteiger partial charge on any atom is -0.269 e. The van der Waals surface area contributed by atoms with Crippen molar-refractivity contribution < 1.29 is 16.8 Å². The fourth-order valence-corrected chi connectivity index (χ4v) is 3.70. The maximum atomic E-state index is 12.0.